The third kappa shape index (κ3) is 2.50. The minimum absolute atomic E-state index is 0.0455. The van der Waals surface area contributed by atoms with Gasteiger partial charge in [-0.05, 0) is 13.0 Å². The van der Waals surface area contributed by atoms with Crippen molar-refractivity contribution in [1.29, 1.82) is 0 Å². The van der Waals surface area contributed by atoms with Crippen LogP contribution in [0, 0.1) is 12.8 Å². The normalized spacial score (nSPS) is 24.1. The Bertz CT molecular complexity index is 669. The molecule has 1 unspecified atom stereocenters. The van der Waals surface area contributed by atoms with E-state index in [-0.39, 0.29) is 6.42 Å². The lowest BCUT2D eigenvalue weighted by atomic mass is 10.3. The first-order valence-corrected chi connectivity index (χ1v) is 8.17. The van der Waals surface area contributed by atoms with E-state index in [4.69, 9.17) is 0 Å². The maximum absolute atomic E-state index is 13.0. The van der Waals surface area contributed by atoms with Crippen LogP contribution in [0.15, 0.2) is 12.3 Å². The van der Waals surface area contributed by atoms with Crippen LogP contribution in [0.1, 0.15) is 12.1 Å². The molecule has 2 aliphatic rings. The molecule has 118 valence electrons. The van der Waals surface area contributed by atoms with Crippen molar-refractivity contribution in [2.45, 2.75) is 19.3 Å². The Balaban J connectivity index is 1.44. The highest BCUT2D eigenvalue weighted by molar-refractivity contribution is 7.19. The molecule has 1 aliphatic heterocycles. The van der Waals surface area contributed by atoms with Gasteiger partial charge in [0.2, 0.25) is 0 Å². The molecule has 1 aliphatic carbocycles. The van der Waals surface area contributed by atoms with Gasteiger partial charge in [0.15, 0.2) is 5.13 Å². The number of alkyl halides is 2. The van der Waals surface area contributed by atoms with Crippen LogP contribution in [-0.2, 0) is 0 Å². The summed E-state index contributed by atoms with van der Waals surface area (Å²) >= 11 is 1.62. The monoisotopic (exact) mass is 325 g/mol. The van der Waals surface area contributed by atoms with Gasteiger partial charge in [0.1, 0.15) is 0 Å². The van der Waals surface area contributed by atoms with E-state index in [1.165, 1.54) is 0 Å². The summed E-state index contributed by atoms with van der Waals surface area (Å²) < 4.78 is 26.0. The number of hydrogen-bond donors (Lipinski definition) is 1. The van der Waals surface area contributed by atoms with Crippen LogP contribution in [0.25, 0.3) is 10.6 Å². The molecule has 0 bridgehead atoms. The van der Waals surface area contributed by atoms with Gasteiger partial charge in [-0.25, -0.2) is 13.8 Å². The van der Waals surface area contributed by atoms with Gasteiger partial charge in [0, 0.05) is 38.2 Å². The Kier molecular flexibility index (Phi) is 3.19. The van der Waals surface area contributed by atoms with Crippen LogP contribution in [0.3, 0.4) is 0 Å². The number of halogens is 2. The first-order valence-electron chi connectivity index (χ1n) is 7.35. The van der Waals surface area contributed by atoms with Crippen molar-refractivity contribution in [2.24, 2.45) is 5.92 Å². The summed E-state index contributed by atoms with van der Waals surface area (Å²) in [7, 11) is 0. The molecule has 0 aromatic carbocycles. The molecule has 22 heavy (non-hydrogen) atoms. The van der Waals surface area contributed by atoms with Gasteiger partial charge >= 0.3 is 0 Å². The van der Waals surface area contributed by atoms with Crippen molar-refractivity contribution < 1.29 is 8.78 Å². The van der Waals surface area contributed by atoms with Crippen LogP contribution in [0.5, 0.6) is 0 Å². The van der Waals surface area contributed by atoms with Crippen LogP contribution in [0.2, 0.25) is 0 Å². The molecule has 1 saturated carbocycles. The Labute approximate surface area is 131 Å². The standard InChI is InChI=1S/C14H17F2N5S/c1-9-12(11-2-3-17-19-11)22-13(18-9)21-5-4-20(8-21)7-10-6-14(10,15)16/h2-3,10H,4-8H2,1H3,(H,17,19). The van der Waals surface area contributed by atoms with E-state index in [1.54, 1.807) is 17.5 Å². The van der Waals surface area contributed by atoms with Crippen molar-refractivity contribution in [1.82, 2.24) is 20.1 Å². The van der Waals surface area contributed by atoms with Crippen molar-refractivity contribution in [3.63, 3.8) is 0 Å². The molecule has 2 fully saturated rings. The van der Waals surface area contributed by atoms with E-state index in [0.717, 1.165) is 34.5 Å². The van der Waals surface area contributed by atoms with E-state index in [2.05, 4.69) is 25.0 Å². The lowest BCUT2D eigenvalue weighted by Gasteiger charge is -2.17. The molecule has 8 heteroatoms. The van der Waals surface area contributed by atoms with E-state index >= 15 is 0 Å². The molecule has 2 aromatic heterocycles. The molecule has 1 atom stereocenters. The predicted octanol–water partition coefficient (Wildman–Crippen LogP) is 2.58. The van der Waals surface area contributed by atoms with Gasteiger partial charge in [0.05, 0.1) is 22.9 Å². The number of aromatic amines is 1. The molecule has 1 saturated heterocycles. The van der Waals surface area contributed by atoms with Crippen molar-refractivity contribution in [3.05, 3.63) is 18.0 Å². The maximum atomic E-state index is 13.0. The molecule has 3 heterocycles. The summed E-state index contributed by atoms with van der Waals surface area (Å²) in [6, 6.07) is 1.93. The summed E-state index contributed by atoms with van der Waals surface area (Å²) in [5.74, 6) is -2.88. The molecule has 4 rings (SSSR count). The first kappa shape index (κ1) is 14.1. The van der Waals surface area contributed by atoms with Crippen LogP contribution in [0.4, 0.5) is 13.9 Å². The number of H-pyrrole nitrogens is 1. The van der Waals surface area contributed by atoms with Gasteiger partial charge in [-0.3, -0.25) is 10.00 Å². The minimum atomic E-state index is -2.43. The number of rotatable bonds is 4. The summed E-state index contributed by atoms with van der Waals surface area (Å²) in [4.78, 5) is 9.97. The van der Waals surface area contributed by atoms with E-state index < -0.39 is 11.8 Å². The fraction of sp³-hybridized carbons (Fsp3) is 0.571. The largest absolute Gasteiger partial charge is 0.334 e. The second kappa shape index (κ2) is 4.99. The van der Waals surface area contributed by atoms with E-state index in [0.29, 0.717) is 13.2 Å². The van der Waals surface area contributed by atoms with Gasteiger partial charge in [-0.2, -0.15) is 5.10 Å². The second-order valence-electron chi connectivity index (χ2n) is 6.03. The van der Waals surface area contributed by atoms with Gasteiger partial charge in [-0.15, -0.1) is 0 Å². The molecule has 0 radical (unpaired) electrons. The van der Waals surface area contributed by atoms with Crippen molar-refractivity contribution in [3.8, 4) is 10.6 Å². The molecular weight excluding hydrogens is 308 g/mol. The summed E-state index contributed by atoms with van der Waals surface area (Å²) in [6.07, 6.45) is 1.77. The number of hydrogen-bond acceptors (Lipinski definition) is 5. The zero-order chi connectivity index (χ0) is 15.3. The number of anilines is 1. The molecule has 0 spiro atoms. The third-order valence-electron chi connectivity index (χ3n) is 4.29. The zero-order valence-electron chi connectivity index (χ0n) is 12.2. The number of aryl methyl sites for hydroxylation is 1. The minimum Gasteiger partial charge on any atom is -0.334 e. The smallest absolute Gasteiger partial charge is 0.252 e. The Morgan fingerprint density at radius 2 is 2.27 bits per heavy atom. The number of nitrogens with zero attached hydrogens (tertiary/aromatic N) is 4. The quantitative estimate of drug-likeness (QED) is 0.939. The molecule has 1 N–H and O–H groups in total. The third-order valence-corrected chi connectivity index (χ3v) is 5.54. The summed E-state index contributed by atoms with van der Waals surface area (Å²) in [5, 5.41) is 7.88. The molecule has 0 amide bonds. The lowest BCUT2D eigenvalue weighted by molar-refractivity contribution is 0.0901. The SMILES string of the molecule is Cc1nc(N2CCN(CC3CC3(F)F)C2)sc1-c1ccn[nH]1. The zero-order valence-corrected chi connectivity index (χ0v) is 13.0. The molecule has 2 aromatic rings. The number of thiazole rings is 1. The summed E-state index contributed by atoms with van der Waals surface area (Å²) in [6.45, 7) is 4.82. The van der Waals surface area contributed by atoms with Crippen molar-refractivity contribution >= 4 is 16.5 Å². The average molecular weight is 325 g/mol. The average Bonchev–Trinajstić information content (AvgIpc) is 2.99. The first-order chi connectivity index (χ1) is 10.5. The fourth-order valence-corrected chi connectivity index (χ4v) is 3.94. The Morgan fingerprint density at radius 1 is 1.45 bits per heavy atom. The highest BCUT2D eigenvalue weighted by atomic mass is 32.1. The predicted molar refractivity (Wildman–Crippen MR) is 81.3 cm³/mol. The van der Waals surface area contributed by atoms with Crippen molar-refractivity contribution in [2.75, 3.05) is 31.2 Å². The Hall–Kier alpha value is -1.54. The summed E-state index contributed by atoms with van der Waals surface area (Å²) in [5.41, 5.74) is 1.94. The maximum Gasteiger partial charge on any atom is 0.252 e. The highest BCUT2D eigenvalue weighted by Gasteiger charge is 2.57. The fourth-order valence-electron chi connectivity index (χ4n) is 2.88. The van der Waals surface area contributed by atoms with Gasteiger partial charge in [-0.1, -0.05) is 11.3 Å². The van der Waals surface area contributed by atoms with Gasteiger partial charge in [0.25, 0.3) is 5.92 Å². The van der Waals surface area contributed by atoms with Crippen LogP contribution < -0.4 is 4.90 Å². The van der Waals surface area contributed by atoms with E-state index in [9.17, 15) is 8.78 Å². The Morgan fingerprint density at radius 3 is 2.95 bits per heavy atom. The highest BCUT2D eigenvalue weighted by Crippen LogP contribution is 2.49. The number of nitrogens with one attached hydrogen (secondary N) is 1. The lowest BCUT2D eigenvalue weighted by Crippen LogP contribution is -2.28. The van der Waals surface area contributed by atoms with Crippen LogP contribution >= 0.6 is 11.3 Å². The second-order valence-corrected chi connectivity index (χ2v) is 7.00. The van der Waals surface area contributed by atoms with Crippen LogP contribution in [-0.4, -0.2) is 52.3 Å². The molecule has 5 nitrogen and oxygen atoms in total. The number of aromatic nitrogens is 3. The van der Waals surface area contributed by atoms with Gasteiger partial charge < -0.3 is 4.90 Å². The van der Waals surface area contributed by atoms with E-state index in [1.807, 2.05) is 13.0 Å². The molecular formula is C14H17F2N5S. The topological polar surface area (TPSA) is 48.1 Å².